The van der Waals surface area contributed by atoms with Gasteiger partial charge < -0.3 is 10.4 Å². The normalized spacial score (nSPS) is 12.6. The van der Waals surface area contributed by atoms with E-state index in [1.807, 2.05) is 0 Å². The van der Waals surface area contributed by atoms with E-state index in [9.17, 15) is 22.8 Å². The largest absolute Gasteiger partial charge is 0.480 e. The van der Waals surface area contributed by atoms with Crippen LogP contribution >= 0.6 is 0 Å². The van der Waals surface area contributed by atoms with Crippen LogP contribution in [0.5, 0.6) is 0 Å². The van der Waals surface area contributed by atoms with Gasteiger partial charge in [-0.05, 0) is 18.1 Å². The lowest BCUT2D eigenvalue weighted by molar-refractivity contribution is -0.138. The molecule has 1 atom stereocenters. The number of carboxylic acid groups (broad SMARTS) is 1. The first-order valence-corrected chi connectivity index (χ1v) is 7.44. The van der Waals surface area contributed by atoms with Gasteiger partial charge in [0, 0.05) is 12.3 Å². The lowest BCUT2D eigenvalue weighted by Gasteiger charge is -2.16. The van der Waals surface area contributed by atoms with Crippen molar-refractivity contribution in [1.82, 2.24) is 9.78 Å². The van der Waals surface area contributed by atoms with E-state index in [2.05, 4.69) is 10.4 Å². The monoisotopic (exact) mass is 355 g/mol. The minimum Gasteiger partial charge on any atom is -0.480 e. The van der Waals surface area contributed by atoms with E-state index >= 15 is 0 Å². The Bertz CT molecular complexity index is 771. The highest BCUT2D eigenvalue weighted by Crippen LogP contribution is 2.32. The van der Waals surface area contributed by atoms with Crippen LogP contribution in [0, 0.1) is 0 Å². The Morgan fingerprint density at radius 1 is 1.32 bits per heavy atom. The average Bonchev–Trinajstić information content (AvgIpc) is 2.93. The van der Waals surface area contributed by atoms with Crippen molar-refractivity contribution in [3.8, 4) is 0 Å². The highest BCUT2D eigenvalue weighted by molar-refractivity contribution is 5.95. The molecule has 0 bridgehead atoms. The van der Waals surface area contributed by atoms with Gasteiger partial charge in [0.15, 0.2) is 5.82 Å². The summed E-state index contributed by atoms with van der Waals surface area (Å²) in [6.07, 6.45) is -2.81. The van der Waals surface area contributed by atoms with Crippen molar-refractivity contribution in [3.05, 3.63) is 47.7 Å². The van der Waals surface area contributed by atoms with E-state index in [-0.39, 0.29) is 17.9 Å². The van der Waals surface area contributed by atoms with E-state index in [4.69, 9.17) is 5.11 Å². The zero-order chi connectivity index (χ0) is 18.6. The zero-order valence-corrected chi connectivity index (χ0v) is 13.2. The molecule has 134 valence electrons. The summed E-state index contributed by atoms with van der Waals surface area (Å²) in [5, 5.41) is 15.1. The van der Waals surface area contributed by atoms with Crippen LogP contribution in [0.4, 0.5) is 19.0 Å². The topological polar surface area (TPSA) is 84.2 Å². The number of amides is 1. The number of hydrogen-bond donors (Lipinski definition) is 2. The van der Waals surface area contributed by atoms with Gasteiger partial charge in [-0.1, -0.05) is 25.1 Å². The minimum absolute atomic E-state index is 0.136. The molecule has 0 aliphatic carbocycles. The molecule has 0 saturated heterocycles. The van der Waals surface area contributed by atoms with Gasteiger partial charge >= 0.3 is 12.1 Å². The van der Waals surface area contributed by atoms with Gasteiger partial charge in [-0.25, -0.2) is 0 Å². The molecule has 9 heteroatoms. The van der Waals surface area contributed by atoms with Crippen molar-refractivity contribution < 1.29 is 27.9 Å². The maximum Gasteiger partial charge on any atom is 0.416 e. The summed E-state index contributed by atoms with van der Waals surface area (Å²) in [6.45, 7) is 1.33. The molecule has 0 fully saturated rings. The van der Waals surface area contributed by atoms with Crippen LogP contribution in [-0.2, 0) is 22.3 Å². The molecule has 0 saturated carbocycles. The Morgan fingerprint density at radius 2 is 2.04 bits per heavy atom. The van der Waals surface area contributed by atoms with Gasteiger partial charge in [-0.3, -0.25) is 14.3 Å². The number of carbonyl (C=O) groups is 2. The number of aromatic nitrogens is 2. The quantitative estimate of drug-likeness (QED) is 0.834. The molecule has 25 heavy (non-hydrogen) atoms. The predicted octanol–water partition coefficient (Wildman–Crippen LogP) is 3.12. The van der Waals surface area contributed by atoms with Crippen molar-refractivity contribution in [3.63, 3.8) is 0 Å². The molecule has 0 aliphatic heterocycles. The Kier molecular flexibility index (Phi) is 5.45. The van der Waals surface area contributed by atoms with Gasteiger partial charge in [0.25, 0.3) is 0 Å². The summed E-state index contributed by atoms with van der Waals surface area (Å²) in [5.41, 5.74) is -0.568. The number of nitrogens with one attached hydrogen (secondary N) is 1. The van der Waals surface area contributed by atoms with E-state index in [0.29, 0.717) is 6.42 Å². The Balaban J connectivity index is 2.16. The van der Waals surface area contributed by atoms with Crippen LogP contribution in [-0.4, -0.2) is 26.8 Å². The van der Waals surface area contributed by atoms with Gasteiger partial charge in [0.05, 0.1) is 11.5 Å². The third-order valence-corrected chi connectivity index (χ3v) is 3.53. The number of alkyl halides is 3. The van der Waals surface area contributed by atoms with Gasteiger partial charge in [0.1, 0.15) is 6.54 Å². The smallest absolute Gasteiger partial charge is 0.416 e. The molecule has 2 aromatic rings. The van der Waals surface area contributed by atoms with E-state index in [1.165, 1.54) is 24.4 Å². The molecule has 1 aromatic carbocycles. The minimum atomic E-state index is -4.49. The fourth-order valence-electron chi connectivity index (χ4n) is 2.37. The van der Waals surface area contributed by atoms with Crippen LogP contribution < -0.4 is 5.32 Å². The van der Waals surface area contributed by atoms with Crippen molar-refractivity contribution in [1.29, 1.82) is 0 Å². The number of nitrogens with zero attached hydrogens (tertiary/aromatic N) is 2. The second-order valence-electron chi connectivity index (χ2n) is 5.37. The molecule has 0 radical (unpaired) electrons. The molecule has 1 amide bonds. The summed E-state index contributed by atoms with van der Waals surface area (Å²) >= 11 is 0. The molecular formula is C16H16F3N3O3. The van der Waals surface area contributed by atoms with E-state index < -0.39 is 29.5 Å². The number of aliphatic carboxylic acids is 1. The highest BCUT2D eigenvalue weighted by atomic mass is 19.4. The first-order chi connectivity index (χ1) is 11.7. The molecule has 1 heterocycles. The molecule has 1 aromatic heterocycles. The SMILES string of the molecule is CCC(C(=O)Nc1ccn(CC(=O)O)n1)c1cccc(C(F)(F)F)c1. The van der Waals surface area contributed by atoms with Gasteiger partial charge in [-0.15, -0.1) is 0 Å². The summed E-state index contributed by atoms with van der Waals surface area (Å²) in [4.78, 5) is 23.0. The van der Waals surface area contributed by atoms with Crippen LogP contribution in [0.2, 0.25) is 0 Å². The average molecular weight is 355 g/mol. The van der Waals surface area contributed by atoms with Crippen LogP contribution in [0.1, 0.15) is 30.4 Å². The zero-order valence-electron chi connectivity index (χ0n) is 13.2. The number of rotatable bonds is 6. The van der Waals surface area contributed by atoms with Crippen LogP contribution in [0.25, 0.3) is 0 Å². The first kappa shape index (κ1) is 18.5. The predicted molar refractivity (Wildman–Crippen MR) is 83.0 cm³/mol. The second kappa shape index (κ2) is 7.37. The summed E-state index contributed by atoms with van der Waals surface area (Å²) in [6, 6.07) is 6.04. The summed E-state index contributed by atoms with van der Waals surface area (Å²) < 4.78 is 39.6. The van der Waals surface area contributed by atoms with E-state index in [1.54, 1.807) is 6.92 Å². The molecule has 2 rings (SSSR count). The highest BCUT2D eigenvalue weighted by Gasteiger charge is 2.31. The second-order valence-corrected chi connectivity index (χ2v) is 5.37. The molecule has 0 aliphatic rings. The lowest BCUT2D eigenvalue weighted by atomic mass is 9.94. The van der Waals surface area contributed by atoms with Crippen molar-refractivity contribution in [2.75, 3.05) is 5.32 Å². The maximum absolute atomic E-state index is 12.8. The van der Waals surface area contributed by atoms with Gasteiger partial charge in [-0.2, -0.15) is 18.3 Å². The fraction of sp³-hybridized carbons (Fsp3) is 0.312. The Hall–Kier alpha value is -2.84. The number of halogens is 3. The van der Waals surface area contributed by atoms with Gasteiger partial charge in [0.2, 0.25) is 5.91 Å². The molecule has 0 spiro atoms. The summed E-state index contributed by atoms with van der Waals surface area (Å²) in [5.74, 6) is -2.25. The number of carboxylic acids is 1. The number of carbonyl (C=O) groups excluding carboxylic acids is 1. The fourth-order valence-corrected chi connectivity index (χ4v) is 2.37. The third kappa shape index (κ3) is 4.82. The lowest BCUT2D eigenvalue weighted by Crippen LogP contribution is -2.21. The first-order valence-electron chi connectivity index (χ1n) is 7.44. The Morgan fingerprint density at radius 3 is 2.64 bits per heavy atom. The molecule has 1 unspecified atom stereocenters. The molecule has 6 nitrogen and oxygen atoms in total. The maximum atomic E-state index is 12.8. The number of hydrogen-bond acceptors (Lipinski definition) is 3. The van der Waals surface area contributed by atoms with Crippen LogP contribution in [0.3, 0.4) is 0 Å². The summed E-state index contributed by atoms with van der Waals surface area (Å²) in [7, 11) is 0. The standard InChI is InChI=1S/C16H16F3N3O3/c1-2-12(10-4-3-5-11(8-10)16(17,18)19)15(25)20-13-6-7-22(21-13)9-14(23)24/h3-8,12H,2,9H2,1H3,(H,23,24)(H,20,21,25). The number of anilines is 1. The van der Waals surface area contributed by atoms with Crippen molar-refractivity contribution >= 4 is 17.7 Å². The molecule has 2 N–H and O–H groups in total. The number of benzene rings is 1. The third-order valence-electron chi connectivity index (χ3n) is 3.53. The molecular weight excluding hydrogens is 339 g/mol. The Labute approximate surface area is 141 Å². The van der Waals surface area contributed by atoms with Crippen molar-refractivity contribution in [2.45, 2.75) is 32.0 Å². The van der Waals surface area contributed by atoms with Crippen LogP contribution in [0.15, 0.2) is 36.5 Å². The van der Waals surface area contributed by atoms with Crippen molar-refractivity contribution in [2.24, 2.45) is 0 Å². The van der Waals surface area contributed by atoms with E-state index in [0.717, 1.165) is 16.8 Å².